The van der Waals surface area contributed by atoms with Gasteiger partial charge >= 0.3 is 5.97 Å². The van der Waals surface area contributed by atoms with Crippen LogP contribution >= 0.6 is 0 Å². The SMILES string of the molecule is CCC1CC(C)CN1Cc1cnc(C(=O)O)cn1. The third-order valence-corrected chi connectivity index (χ3v) is 3.50. The van der Waals surface area contributed by atoms with Crippen LogP contribution in [0.1, 0.15) is 42.9 Å². The molecule has 5 heteroatoms. The van der Waals surface area contributed by atoms with E-state index in [0.29, 0.717) is 6.04 Å². The quantitative estimate of drug-likeness (QED) is 0.881. The Morgan fingerprint density at radius 2 is 2.28 bits per heavy atom. The lowest BCUT2D eigenvalue weighted by molar-refractivity contribution is 0.0690. The Hall–Kier alpha value is -1.49. The molecule has 0 saturated carbocycles. The summed E-state index contributed by atoms with van der Waals surface area (Å²) in [6, 6.07) is 0.612. The third-order valence-electron chi connectivity index (χ3n) is 3.50. The van der Waals surface area contributed by atoms with Gasteiger partial charge in [0, 0.05) is 19.1 Å². The summed E-state index contributed by atoms with van der Waals surface area (Å²) in [5.41, 5.74) is 0.841. The van der Waals surface area contributed by atoms with Gasteiger partial charge in [0.15, 0.2) is 5.69 Å². The van der Waals surface area contributed by atoms with E-state index < -0.39 is 5.97 Å². The van der Waals surface area contributed by atoms with Gasteiger partial charge < -0.3 is 5.11 Å². The van der Waals surface area contributed by atoms with Crippen LogP contribution in [-0.4, -0.2) is 38.5 Å². The Morgan fingerprint density at radius 1 is 1.50 bits per heavy atom. The van der Waals surface area contributed by atoms with Crippen molar-refractivity contribution in [1.29, 1.82) is 0 Å². The summed E-state index contributed by atoms with van der Waals surface area (Å²) >= 11 is 0. The Bertz CT molecular complexity index is 419. The number of likely N-dealkylation sites (tertiary alicyclic amines) is 1. The largest absolute Gasteiger partial charge is 0.476 e. The molecule has 18 heavy (non-hydrogen) atoms. The maximum absolute atomic E-state index is 10.7. The van der Waals surface area contributed by atoms with Crippen LogP contribution in [0.25, 0.3) is 0 Å². The highest BCUT2D eigenvalue weighted by Gasteiger charge is 2.28. The second-order valence-corrected chi connectivity index (χ2v) is 5.03. The molecule has 1 aromatic heterocycles. The Labute approximate surface area is 107 Å². The molecule has 1 fully saturated rings. The van der Waals surface area contributed by atoms with Crippen molar-refractivity contribution in [3.63, 3.8) is 0 Å². The summed E-state index contributed by atoms with van der Waals surface area (Å²) in [6.07, 6.45) is 5.28. The van der Waals surface area contributed by atoms with Gasteiger partial charge in [0.25, 0.3) is 0 Å². The number of rotatable bonds is 4. The maximum Gasteiger partial charge on any atom is 0.356 e. The molecule has 1 saturated heterocycles. The lowest BCUT2D eigenvalue weighted by atomic mass is 10.1. The molecule has 2 heterocycles. The normalized spacial score (nSPS) is 24.3. The average Bonchev–Trinajstić information content (AvgIpc) is 2.70. The van der Waals surface area contributed by atoms with Crippen molar-refractivity contribution in [3.8, 4) is 0 Å². The van der Waals surface area contributed by atoms with Crippen molar-refractivity contribution in [2.45, 2.75) is 39.3 Å². The molecule has 0 aliphatic carbocycles. The number of hydrogen-bond donors (Lipinski definition) is 1. The smallest absolute Gasteiger partial charge is 0.356 e. The first-order chi connectivity index (χ1) is 8.60. The van der Waals surface area contributed by atoms with Crippen molar-refractivity contribution in [1.82, 2.24) is 14.9 Å². The van der Waals surface area contributed by atoms with E-state index in [1.54, 1.807) is 6.20 Å². The molecule has 2 unspecified atom stereocenters. The van der Waals surface area contributed by atoms with E-state index in [1.807, 2.05) is 0 Å². The fourth-order valence-corrected chi connectivity index (χ4v) is 2.61. The minimum absolute atomic E-state index is 0.000538. The molecule has 0 amide bonds. The van der Waals surface area contributed by atoms with Crippen LogP contribution in [0.3, 0.4) is 0 Å². The lowest BCUT2D eigenvalue weighted by Crippen LogP contribution is -2.29. The van der Waals surface area contributed by atoms with Crippen LogP contribution in [0.4, 0.5) is 0 Å². The summed E-state index contributed by atoms with van der Waals surface area (Å²) in [6.45, 7) is 6.31. The van der Waals surface area contributed by atoms with Gasteiger partial charge in [-0.25, -0.2) is 9.78 Å². The molecular formula is C13H19N3O2. The fourth-order valence-electron chi connectivity index (χ4n) is 2.61. The zero-order valence-corrected chi connectivity index (χ0v) is 10.8. The van der Waals surface area contributed by atoms with Crippen LogP contribution < -0.4 is 0 Å². The van der Waals surface area contributed by atoms with E-state index in [1.165, 1.54) is 12.6 Å². The Morgan fingerprint density at radius 3 is 2.83 bits per heavy atom. The van der Waals surface area contributed by atoms with E-state index in [2.05, 4.69) is 28.7 Å². The van der Waals surface area contributed by atoms with E-state index in [4.69, 9.17) is 5.11 Å². The molecular weight excluding hydrogens is 230 g/mol. The molecule has 2 atom stereocenters. The van der Waals surface area contributed by atoms with Gasteiger partial charge in [0.1, 0.15) is 0 Å². The number of aromatic carboxylic acids is 1. The first-order valence-corrected chi connectivity index (χ1v) is 6.38. The van der Waals surface area contributed by atoms with Gasteiger partial charge in [0.2, 0.25) is 0 Å². The number of carbonyl (C=O) groups is 1. The highest BCUT2D eigenvalue weighted by Crippen LogP contribution is 2.26. The molecule has 1 aliphatic rings. The predicted octanol–water partition coefficient (Wildman–Crippen LogP) is 1.80. The van der Waals surface area contributed by atoms with Crippen LogP contribution in [0.2, 0.25) is 0 Å². The molecule has 1 aromatic rings. The molecule has 1 N–H and O–H groups in total. The predicted molar refractivity (Wildman–Crippen MR) is 67.3 cm³/mol. The maximum atomic E-state index is 10.7. The zero-order chi connectivity index (χ0) is 13.1. The molecule has 0 bridgehead atoms. The summed E-state index contributed by atoms with van der Waals surface area (Å²) in [7, 11) is 0. The average molecular weight is 249 g/mol. The number of aromatic nitrogens is 2. The van der Waals surface area contributed by atoms with E-state index in [9.17, 15) is 4.79 Å². The molecule has 0 spiro atoms. The summed E-state index contributed by atoms with van der Waals surface area (Å²) < 4.78 is 0. The lowest BCUT2D eigenvalue weighted by Gasteiger charge is -2.22. The van der Waals surface area contributed by atoms with Crippen molar-refractivity contribution in [2.75, 3.05) is 6.54 Å². The molecule has 5 nitrogen and oxygen atoms in total. The third kappa shape index (κ3) is 2.85. The van der Waals surface area contributed by atoms with Gasteiger partial charge in [-0.05, 0) is 18.8 Å². The second-order valence-electron chi connectivity index (χ2n) is 5.03. The summed E-state index contributed by atoms with van der Waals surface area (Å²) in [5, 5.41) is 8.76. The van der Waals surface area contributed by atoms with E-state index in [0.717, 1.165) is 31.1 Å². The molecule has 1 aliphatic heterocycles. The van der Waals surface area contributed by atoms with Crippen LogP contribution in [0.15, 0.2) is 12.4 Å². The van der Waals surface area contributed by atoms with Gasteiger partial charge in [-0.1, -0.05) is 13.8 Å². The summed E-state index contributed by atoms with van der Waals surface area (Å²) in [5.74, 6) is -0.309. The first-order valence-electron chi connectivity index (χ1n) is 6.38. The number of nitrogens with zero attached hydrogens (tertiary/aromatic N) is 3. The van der Waals surface area contributed by atoms with Gasteiger partial charge in [-0.2, -0.15) is 0 Å². The van der Waals surface area contributed by atoms with Gasteiger partial charge in [0.05, 0.1) is 18.1 Å². The molecule has 98 valence electrons. The van der Waals surface area contributed by atoms with Crippen molar-refractivity contribution in [3.05, 3.63) is 23.8 Å². The van der Waals surface area contributed by atoms with Crippen molar-refractivity contribution in [2.24, 2.45) is 5.92 Å². The zero-order valence-electron chi connectivity index (χ0n) is 10.8. The summed E-state index contributed by atoms with van der Waals surface area (Å²) in [4.78, 5) is 21.2. The minimum Gasteiger partial charge on any atom is -0.476 e. The van der Waals surface area contributed by atoms with Crippen LogP contribution in [-0.2, 0) is 6.54 Å². The monoisotopic (exact) mass is 249 g/mol. The number of hydrogen-bond acceptors (Lipinski definition) is 4. The molecule has 0 aromatic carbocycles. The fraction of sp³-hybridized carbons (Fsp3) is 0.615. The topological polar surface area (TPSA) is 66.3 Å². The van der Waals surface area contributed by atoms with Crippen molar-refractivity contribution >= 4 is 5.97 Å². The van der Waals surface area contributed by atoms with Crippen LogP contribution in [0, 0.1) is 5.92 Å². The highest BCUT2D eigenvalue weighted by atomic mass is 16.4. The van der Waals surface area contributed by atoms with Gasteiger partial charge in [-0.15, -0.1) is 0 Å². The number of carboxylic acids is 1. The molecule has 2 rings (SSSR count). The van der Waals surface area contributed by atoms with Crippen molar-refractivity contribution < 1.29 is 9.90 Å². The van der Waals surface area contributed by atoms with E-state index in [-0.39, 0.29) is 5.69 Å². The minimum atomic E-state index is -1.03. The van der Waals surface area contributed by atoms with Gasteiger partial charge in [-0.3, -0.25) is 9.88 Å². The first kappa shape index (κ1) is 13.0. The van der Waals surface area contributed by atoms with E-state index >= 15 is 0 Å². The molecule has 0 radical (unpaired) electrons. The van der Waals surface area contributed by atoms with Crippen LogP contribution in [0.5, 0.6) is 0 Å². The Kier molecular flexibility index (Phi) is 3.91. The Balaban J connectivity index is 2.02. The number of carboxylic acid groups (broad SMARTS) is 1. The second kappa shape index (κ2) is 5.44. The standard InChI is InChI=1S/C13H19N3O2/c1-3-11-4-9(2)7-16(11)8-10-5-15-12(6-14-10)13(17)18/h5-6,9,11H,3-4,7-8H2,1-2H3,(H,17,18). The highest BCUT2D eigenvalue weighted by molar-refractivity contribution is 5.84.